The van der Waals surface area contributed by atoms with E-state index in [1.54, 1.807) is 0 Å². The zero-order chi connectivity index (χ0) is 12.9. The molecule has 100 valence electrons. The second-order valence-corrected chi connectivity index (χ2v) is 6.61. The van der Waals surface area contributed by atoms with Gasteiger partial charge in [-0.15, -0.1) is 0 Å². The van der Waals surface area contributed by atoms with Gasteiger partial charge in [-0.3, -0.25) is 9.09 Å². The summed E-state index contributed by atoms with van der Waals surface area (Å²) >= 11 is 6.28. The lowest BCUT2D eigenvalue weighted by Gasteiger charge is -2.15. The number of halogens is 1. The number of hydrogen-bond acceptors (Lipinski definition) is 3. The Morgan fingerprint density at radius 2 is 2.06 bits per heavy atom. The van der Waals surface area contributed by atoms with E-state index in [4.69, 9.17) is 20.6 Å². The van der Waals surface area contributed by atoms with Gasteiger partial charge >= 0.3 is 7.60 Å². The molecule has 1 aliphatic rings. The molecule has 0 amide bonds. The predicted octanol–water partition coefficient (Wildman–Crippen LogP) is 5.06. The minimum absolute atomic E-state index is 0.231. The minimum Gasteiger partial charge on any atom is -0.306 e. The van der Waals surface area contributed by atoms with E-state index in [0.717, 1.165) is 25.7 Å². The Bertz CT molecular complexity index is 328. The van der Waals surface area contributed by atoms with Gasteiger partial charge in [0.2, 0.25) is 0 Å². The summed E-state index contributed by atoms with van der Waals surface area (Å²) in [5.41, 5.74) is 0. The van der Waals surface area contributed by atoms with Gasteiger partial charge in [0.15, 0.2) is 0 Å². The first kappa shape index (κ1) is 15.2. The third-order valence-electron chi connectivity index (χ3n) is 2.77. The first-order valence-corrected chi connectivity index (χ1v) is 8.33. The molecule has 0 fully saturated rings. The molecule has 17 heavy (non-hydrogen) atoms. The molecule has 1 aliphatic heterocycles. The van der Waals surface area contributed by atoms with E-state index in [2.05, 4.69) is 13.8 Å². The standard InChI is InChI=1S/C12H22ClO3P/c1-4-7-9-11-12(13)10(8-5-2)16-17(11,14)15-6-3/h10H,4-9H2,1-3H3/t10-,17+/m0/s1. The van der Waals surface area contributed by atoms with E-state index in [-0.39, 0.29) is 6.10 Å². The lowest BCUT2D eigenvalue weighted by atomic mass is 10.1. The molecule has 0 aliphatic carbocycles. The summed E-state index contributed by atoms with van der Waals surface area (Å²) in [6.07, 6.45) is 4.24. The van der Waals surface area contributed by atoms with Gasteiger partial charge in [0.25, 0.3) is 0 Å². The van der Waals surface area contributed by atoms with Crippen LogP contribution in [-0.2, 0) is 13.6 Å². The molecule has 5 heteroatoms. The second-order valence-electron chi connectivity index (χ2n) is 4.20. The van der Waals surface area contributed by atoms with Crippen molar-refractivity contribution >= 4 is 19.2 Å². The summed E-state index contributed by atoms with van der Waals surface area (Å²) < 4.78 is 23.5. The SMILES string of the molecule is CCCCC1=C(Cl)[C@H](CCC)O[P@]1(=O)OCC. The number of hydrogen-bond donors (Lipinski definition) is 0. The summed E-state index contributed by atoms with van der Waals surface area (Å²) in [7, 11) is -3.10. The van der Waals surface area contributed by atoms with Crippen LogP contribution in [0.3, 0.4) is 0 Å². The Kier molecular flexibility index (Phi) is 6.22. The Labute approximate surface area is 109 Å². The molecule has 0 saturated carbocycles. The summed E-state index contributed by atoms with van der Waals surface area (Å²) in [4.78, 5) is 0. The van der Waals surface area contributed by atoms with Crippen molar-refractivity contribution in [3.05, 3.63) is 10.3 Å². The van der Waals surface area contributed by atoms with Gasteiger partial charge in [-0.05, 0) is 26.2 Å². The molecule has 1 rings (SSSR count). The maximum absolute atomic E-state index is 12.6. The average Bonchev–Trinajstić information content (AvgIpc) is 2.50. The highest BCUT2D eigenvalue weighted by molar-refractivity contribution is 7.59. The lowest BCUT2D eigenvalue weighted by molar-refractivity contribution is 0.186. The first-order chi connectivity index (χ1) is 8.09. The molecular weight excluding hydrogens is 259 g/mol. The molecule has 0 bridgehead atoms. The topological polar surface area (TPSA) is 35.5 Å². The van der Waals surface area contributed by atoms with E-state index < -0.39 is 7.60 Å². The molecule has 1 heterocycles. The first-order valence-electron chi connectivity index (χ1n) is 6.41. The summed E-state index contributed by atoms with van der Waals surface area (Å²) in [6, 6.07) is 0. The fraction of sp³-hybridized carbons (Fsp3) is 0.833. The highest BCUT2D eigenvalue weighted by Crippen LogP contribution is 2.66. The Morgan fingerprint density at radius 3 is 2.59 bits per heavy atom. The van der Waals surface area contributed by atoms with Crippen LogP contribution in [0.5, 0.6) is 0 Å². The van der Waals surface area contributed by atoms with E-state index in [0.29, 0.717) is 23.4 Å². The van der Waals surface area contributed by atoms with Crippen molar-refractivity contribution in [2.75, 3.05) is 6.61 Å². The highest BCUT2D eigenvalue weighted by Gasteiger charge is 2.43. The molecule has 2 atom stereocenters. The van der Waals surface area contributed by atoms with Crippen molar-refractivity contribution in [3.8, 4) is 0 Å². The maximum atomic E-state index is 12.6. The monoisotopic (exact) mass is 280 g/mol. The zero-order valence-corrected chi connectivity index (χ0v) is 12.5. The molecule has 0 aromatic heterocycles. The Morgan fingerprint density at radius 1 is 1.35 bits per heavy atom. The molecule has 3 nitrogen and oxygen atoms in total. The number of unbranched alkanes of at least 4 members (excludes halogenated alkanes) is 1. The van der Waals surface area contributed by atoms with Crippen molar-refractivity contribution < 1.29 is 13.6 Å². The Balaban J connectivity index is 2.89. The zero-order valence-electron chi connectivity index (χ0n) is 10.9. The molecule has 0 radical (unpaired) electrons. The smallest absolute Gasteiger partial charge is 0.306 e. The van der Waals surface area contributed by atoms with Crippen LogP contribution in [-0.4, -0.2) is 12.7 Å². The van der Waals surface area contributed by atoms with E-state index in [9.17, 15) is 4.57 Å². The molecule has 0 N–H and O–H groups in total. The van der Waals surface area contributed by atoms with Gasteiger partial charge < -0.3 is 4.52 Å². The molecule has 0 unspecified atom stereocenters. The maximum Gasteiger partial charge on any atom is 0.359 e. The van der Waals surface area contributed by atoms with Crippen LogP contribution in [0, 0.1) is 0 Å². The largest absolute Gasteiger partial charge is 0.359 e. The van der Waals surface area contributed by atoms with E-state index in [1.165, 1.54) is 0 Å². The second kappa shape index (κ2) is 6.94. The normalized spacial score (nSPS) is 29.1. The fourth-order valence-electron chi connectivity index (χ4n) is 1.91. The highest BCUT2D eigenvalue weighted by atomic mass is 35.5. The summed E-state index contributed by atoms with van der Waals surface area (Å²) in [5, 5.41) is 1.33. The van der Waals surface area contributed by atoms with Crippen molar-refractivity contribution in [1.29, 1.82) is 0 Å². The van der Waals surface area contributed by atoms with Gasteiger partial charge in [0.1, 0.15) is 6.10 Å². The quantitative estimate of drug-likeness (QED) is 0.612. The lowest BCUT2D eigenvalue weighted by Crippen LogP contribution is -2.05. The van der Waals surface area contributed by atoms with Crippen LogP contribution in [0.2, 0.25) is 0 Å². The number of rotatable bonds is 7. The van der Waals surface area contributed by atoms with Crippen LogP contribution in [0.4, 0.5) is 0 Å². The predicted molar refractivity (Wildman–Crippen MR) is 71.4 cm³/mol. The van der Waals surface area contributed by atoms with Crippen LogP contribution in [0.1, 0.15) is 52.9 Å². The average molecular weight is 281 g/mol. The van der Waals surface area contributed by atoms with E-state index >= 15 is 0 Å². The van der Waals surface area contributed by atoms with Crippen LogP contribution < -0.4 is 0 Å². The van der Waals surface area contributed by atoms with Gasteiger partial charge in [-0.1, -0.05) is 38.3 Å². The van der Waals surface area contributed by atoms with Gasteiger partial charge in [0, 0.05) is 0 Å². The van der Waals surface area contributed by atoms with Crippen molar-refractivity contribution in [3.63, 3.8) is 0 Å². The molecule has 0 spiro atoms. The van der Waals surface area contributed by atoms with E-state index in [1.807, 2.05) is 6.92 Å². The van der Waals surface area contributed by atoms with Gasteiger partial charge in [0.05, 0.1) is 17.0 Å². The van der Waals surface area contributed by atoms with Crippen LogP contribution >= 0.6 is 19.2 Å². The fourth-order valence-corrected chi connectivity index (χ4v) is 4.60. The van der Waals surface area contributed by atoms with Crippen molar-refractivity contribution in [2.45, 2.75) is 59.0 Å². The van der Waals surface area contributed by atoms with Gasteiger partial charge in [-0.25, -0.2) is 0 Å². The minimum atomic E-state index is -3.10. The van der Waals surface area contributed by atoms with Crippen molar-refractivity contribution in [1.82, 2.24) is 0 Å². The van der Waals surface area contributed by atoms with Crippen LogP contribution in [0.15, 0.2) is 10.3 Å². The van der Waals surface area contributed by atoms with Gasteiger partial charge in [-0.2, -0.15) is 0 Å². The molecule has 0 aromatic rings. The summed E-state index contributed by atoms with van der Waals surface area (Å²) in [6.45, 7) is 6.36. The number of allylic oxidation sites excluding steroid dienone is 1. The molecular formula is C12H22ClO3P. The Hall–Kier alpha value is 0.180. The third kappa shape index (κ3) is 3.57. The molecule has 0 saturated heterocycles. The van der Waals surface area contributed by atoms with Crippen LogP contribution in [0.25, 0.3) is 0 Å². The summed E-state index contributed by atoms with van der Waals surface area (Å²) in [5.74, 6) is 0. The van der Waals surface area contributed by atoms with Crippen molar-refractivity contribution in [2.24, 2.45) is 0 Å². The molecule has 0 aromatic carbocycles. The third-order valence-corrected chi connectivity index (χ3v) is 5.63.